The molecule has 1 aliphatic rings. The number of carbonyl (C=O) groups is 1. The fourth-order valence-corrected chi connectivity index (χ4v) is 3.00. The van der Waals surface area contributed by atoms with Crippen molar-refractivity contribution < 1.29 is 4.79 Å². The van der Waals surface area contributed by atoms with Gasteiger partial charge in [0.05, 0.1) is 6.54 Å². The Morgan fingerprint density at radius 1 is 1.33 bits per heavy atom. The number of hydrogen-bond acceptors (Lipinski definition) is 2. The molecule has 3 heteroatoms. The van der Waals surface area contributed by atoms with Gasteiger partial charge in [0.1, 0.15) is 0 Å². The van der Waals surface area contributed by atoms with Crippen LogP contribution in [0.5, 0.6) is 0 Å². The summed E-state index contributed by atoms with van der Waals surface area (Å²) in [5.41, 5.74) is 1.32. The Morgan fingerprint density at radius 3 is 2.71 bits per heavy atom. The molecule has 1 saturated heterocycles. The molecule has 3 nitrogen and oxygen atoms in total. The summed E-state index contributed by atoms with van der Waals surface area (Å²) in [7, 11) is 0. The second kappa shape index (κ2) is 7.60. The lowest BCUT2D eigenvalue weighted by Crippen LogP contribution is -2.45. The maximum absolute atomic E-state index is 12.3. The first kappa shape index (κ1) is 16.0. The van der Waals surface area contributed by atoms with Gasteiger partial charge in [-0.25, -0.2) is 0 Å². The maximum atomic E-state index is 12.3. The molecule has 0 saturated carbocycles. The summed E-state index contributed by atoms with van der Waals surface area (Å²) in [6.45, 7) is 8.89. The highest BCUT2D eigenvalue weighted by molar-refractivity contribution is 5.78. The van der Waals surface area contributed by atoms with Crippen molar-refractivity contribution in [2.24, 2.45) is 5.92 Å². The van der Waals surface area contributed by atoms with E-state index in [9.17, 15) is 4.79 Å². The summed E-state index contributed by atoms with van der Waals surface area (Å²) in [5.74, 6) is 1.29. The highest BCUT2D eigenvalue weighted by Crippen LogP contribution is 2.19. The summed E-state index contributed by atoms with van der Waals surface area (Å²) in [5, 5.41) is 3.40. The lowest BCUT2D eigenvalue weighted by Gasteiger charge is -2.32. The molecule has 1 aromatic carbocycles. The summed E-state index contributed by atoms with van der Waals surface area (Å²) in [6, 6.07) is 10.8. The number of benzene rings is 1. The van der Waals surface area contributed by atoms with Gasteiger partial charge in [-0.05, 0) is 37.2 Å². The van der Waals surface area contributed by atoms with E-state index in [1.165, 1.54) is 12.0 Å². The zero-order valence-electron chi connectivity index (χ0n) is 13.5. The van der Waals surface area contributed by atoms with Crippen LogP contribution in [0.3, 0.4) is 0 Å². The van der Waals surface area contributed by atoms with Crippen molar-refractivity contribution in [1.82, 2.24) is 10.2 Å². The fourth-order valence-electron chi connectivity index (χ4n) is 3.00. The topological polar surface area (TPSA) is 32.3 Å². The zero-order valence-corrected chi connectivity index (χ0v) is 13.5. The molecular weight excluding hydrogens is 260 g/mol. The van der Waals surface area contributed by atoms with Crippen molar-refractivity contribution in [2.45, 2.75) is 45.6 Å². The Kier molecular flexibility index (Phi) is 5.80. The number of piperidine rings is 1. The number of nitrogens with zero attached hydrogens (tertiary/aromatic N) is 1. The molecule has 0 aliphatic carbocycles. The standard InChI is InChI=1S/C18H28N2O/c1-14-8-7-11-20(13-14)18(21)12-19-16(3)15(2)17-9-5-4-6-10-17/h4-6,9-10,14-16,19H,7-8,11-13H2,1-3H3/t14-,15+,16+/m1/s1. The van der Waals surface area contributed by atoms with Crippen molar-refractivity contribution in [3.63, 3.8) is 0 Å². The van der Waals surface area contributed by atoms with Gasteiger partial charge in [-0.3, -0.25) is 4.79 Å². The van der Waals surface area contributed by atoms with E-state index >= 15 is 0 Å². The third-order valence-corrected chi connectivity index (χ3v) is 4.66. The van der Waals surface area contributed by atoms with Crippen molar-refractivity contribution in [2.75, 3.05) is 19.6 Å². The largest absolute Gasteiger partial charge is 0.341 e. The minimum Gasteiger partial charge on any atom is -0.341 e. The molecule has 0 unspecified atom stereocenters. The number of likely N-dealkylation sites (tertiary alicyclic amines) is 1. The van der Waals surface area contributed by atoms with Crippen LogP contribution in [0.15, 0.2) is 30.3 Å². The Bertz CT molecular complexity index is 446. The molecule has 0 bridgehead atoms. The van der Waals surface area contributed by atoms with Gasteiger partial charge < -0.3 is 10.2 Å². The van der Waals surface area contributed by atoms with Crippen molar-refractivity contribution in [3.05, 3.63) is 35.9 Å². The number of rotatable bonds is 5. The van der Waals surface area contributed by atoms with E-state index in [2.05, 4.69) is 50.4 Å². The predicted octanol–water partition coefficient (Wildman–Crippen LogP) is 3.03. The van der Waals surface area contributed by atoms with Crippen LogP contribution < -0.4 is 5.32 Å². The van der Waals surface area contributed by atoms with Crippen LogP contribution in [0.2, 0.25) is 0 Å². The minimum absolute atomic E-state index is 0.244. The lowest BCUT2D eigenvalue weighted by molar-refractivity contribution is -0.132. The second-order valence-electron chi connectivity index (χ2n) is 6.46. The Hall–Kier alpha value is -1.35. The highest BCUT2D eigenvalue weighted by atomic mass is 16.2. The van der Waals surface area contributed by atoms with Crippen LogP contribution in [-0.4, -0.2) is 36.5 Å². The van der Waals surface area contributed by atoms with Gasteiger partial charge >= 0.3 is 0 Å². The van der Waals surface area contributed by atoms with Gasteiger partial charge in [0, 0.05) is 19.1 Å². The van der Waals surface area contributed by atoms with E-state index in [-0.39, 0.29) is 5.91 Å². The van der Waals surface area contributed by atoms with Crippen molar-refractivity contribution in [3.8, 4) is 0 Å². The summed E-state index contributed by atoms with van der Waals surface area (Å²) in [6.07, 6.45) is 2.39. The molecule has 1 amide bonds. The first-order valence-corrected chi connectivity index (χ1v) is 8.14. The van der Waals surface area contributed by atoms with Crippen LogP contribution in [0.25, 0.3) is 0 Å². The van der Waals surface area contributed by atoms with E-state index in [0.717, 1.165) is 19.5 Å². The monoisotopic (exact) mass is 288 g/mol. The predicted molar refractivity (Wildman–Crippen MR) is 87.3 cm³/mol. The van der Waals surface area contributed by atoms with Gasteiger partial charge in [-0.15, -0.1) is 0 Å². The number of amides is 1. The van der Waals surface area contributed by atoms with Crippen LogP contribution in [-0.2, 0) is 4.79 Å². The van der Waals surface area contributed by atoms with E-state index in [1.807, 2.05) is 11.0 Å². The van der Waals surface area contributed by atoms with Crippen molar-refractivity contribution >= 4 is 5.91 Å². The van der Waals surface area contributed by atoms with Crippen molar-refractivity contribution in [1.29, 1.82) is 0 Å². The molecular formula is C18H28N2O. The van der Waals surface area contributed by atoms with Gasteiger partial charge in [0.2, 0.25) is 5.91 Å². The molecule has 1 aliphatic heterocycles. The molecule has 0 radical (unpaired) electrons. The van der Waals surface area contributed by atoms with Gasteiger partial charge in [-0.2, -0.15) is 0 Å². The first-order valence-electron chi connectivity index (χ1n) is 8.14. The molecule has 1 aromatic rings. The Labute approximate surface area is 128 Å². The normalized spacial score (nSPS) is 21.9. The maximum Gasteiger partial charge on any atom is 0.236 e. The van der Waals surface area contributed by atoms with E-state index in [1.54, 1.807) is 0 Å². The number of carbonyl (C=O) groups excluding carboxylic acids is 1. The molecule has 21 heavy (non-hydrogen) atoms. The van der Waals surface area contributed by atoms with Gasteiger partial charge in [0.25, 0.3) is 0 Å². The Morgan fingerprint density at radius 2 is 2.05 bits per heavy atom. The molecule has 1 heterocycles. The molecule has 116 valence electrons. The van der Waals surface area contributed by atoms with E-state index in [0.29, 0.717) is 24.4 Å². The van der Waals surface area contributed by atoms with E-state index < -0.39 is 0 Å². The van der Waals surface area contributed by atoms with Gasteiger partial charge in [-0.1, -0.05) is 44.2 Å². The molecule has 3 atom stereocenters. The van der Waals surface area contributed by atoms with E-state index in [4.69, 9.17) is 0 Å². The first-order chi connectivity index (χ1) is 10.1. The quantitative estimate of drug-likeness (QED) is 0.903. The second-order valence-corrected chi connectivity index (χ2v) is 6.46. The zero-order chi connectivity index (χ0) is 15.2. The fraction of sp³-hybridized carbons (Fsp3) is 0.611. The summed E-state index contributed by atoms with van der Waals surface area (Å²) < 4.78 is 0. The molecule has 0 spiro atoms. The van der Waals surface area contributed by atoms with Crippen LogP contribution in [0.4, 0.5) is 0 Å². The molecule has 1 fully saturated rings. The number of nitrogens with one attached hydrogen (secondary N) is 1. The average molecular weight is 288 g/mol. The smallest absolute Gasteiger partial charge is 0.236 e. The minimum atomic E-state index is 0.244. The third kappa shape index (κ3) is 4.57. The Balaban J connectivity index is 1.80. The summed E-state index contributed by atoms with van der Waals surface area (Å²) in [4.78, 5) is 14.3. The van der Waals surface area contributed by atoms with Crippen LogP contribution in [0, 0.1) is 5.92 Å². The third-order valence-electron chi connectivity index (χ3n) is 4.66. The molecule has 2 rings (SSSR count). The van der Waals surface area contributed by atoms with Gasteiger partial charge in [0.15, 0.2) is 0 Å². The SMILES string of the molecule is C[C@@H]1CCCN(C(=O)CN[C@@H](C)[C@H](C)c2ccccc2)C1. The highest BCUT2D eigenvalue weighted by Gasteiger charge is 2.22. The number of hydrogen-bond donors (Lipinski definition) is 1. The molecule has 0 aromatic heterocycles. The lowest BCUT2D eigenvalue weighted by atomic mass is 9.94. The van der Waals surface area contributed by atoms with Crippen LogP contribution >= 0.6 is 0 Å². The summed E-state index contributed by atoms with van der Waals surface area (Å²) >= 11 is 0. The average Bonchev–Trinajstić information content (AvgIpc) is 2.52. The molecule has 1 N–H and O–H groups in total. The van der Waals surface area contributed by atoms with Crippen LogP contribution in [0.1, 0.15) is 45.1 Å².